The molecule has 0 aromatic rings. The van der Waals surface area contributed by atoms with Crippen LogP contribution in [0.2, 0.25) is 0 Å². The van der Waals surface area contributed by atoms with E-state index in [4.69, 9.17) is 0 Å². The molecule has 0 bridgehead atoms. The van der Waals surface area contributed by atoms with Crippen molar-refractivity contribution in [3.8, 4) is 0 Å². The Morgan fingerprint density at radius 2 is 1.92 bits per heavy atom. The van der Waals surface area contributed by atoms with Gasteiger partial charge in [-0.15, -0.1) is 0 Å². The Bertz CT molecular complexity index is 199. The summed E-state index contributed by atoms with van der Waals surface area (Å²) in [6.07, 6.45) is -1.02. The van der Waals surface area contributed by atoms with E-state index < -0.39 is 13.7 Å². The van der Waals surface area contributed by atoms with Crippen molar-refractivity contribution in [3.05, 3.63) is 0 Å². The molecule has 13 heavy (non-hydrogen) atoms. The molecule has 0 spiro atoms. The number of amides is 1. The van der Waals surface area contributed by atoms with Crippen LogP contribution < -0.4 is 5.32 Å². The number of rotatable bonds is 5. The predicted molar refractivity (Wildman–Crippen MR) is 46.6 cm³/mol. The summed E-state index contributed by atoms with van der Waals surface area (Å²) in [4.78, 5) is 10.8. The summed E-state index contributed by atoms with van der Waals surface area (Å²) in [5.41, 5.74) is 0. The molecule has 0 unspecified atom stereocenters. The van der Waals surface area contributed by atoms with Crippen LogP contribution in [0, 0.1) is 0 Å². The minimum absolute atomic E-state index is 0.383. The maximum absolute atomic E-state index is 11.3. The third-order valence-corrected chi connectivity index (χ3v) is 2.79. The summed E-state index contributed by atoms with van der Waals surface area (Å²) in [7, 11) is -0.787. The van der Waals surface area contributed by atoms with Crippen molar-refractivity contribution in [2.75, 3.05) is 27.1 Å². The maximum Gasteiger partial charge on any atom is 0.407 e. The van der Waals surface area contributed by atoms with Crippen LogP contribution in [0.4, 0.5) is 4.79 Å². The van der Waals surface area contributed by atoms with Crippen LogP contribution in [0.3, 0.4) is 0 Å². The zero-order valence-electron chi connectivity index (χ0n) is 7.90. The lowest BCUT2D eigenvalue weighted by Crippen LogP contribution is -2.24. The van der Waals surface area contributed by atoms with Crippen molar-refractivity contribution < 1.29 is 23.1 Å². The van der Waals surface area contributed by atoms with Crippen molar-refractivity contribution in [1.82, 2.24) is 5.32 Å². The van der Waals surface area contributed by atoms with Gasteiger partial charge in [-0.3, -0.25) is 4.57 Å². The standard InChI is InChI=1S/C6H14NO5P/c1-4-7-6(8)12-5-13(9,10-2)11-3/h4-5H2,1-3H3,(H,7,8). The van der Waals surface area contributed by atoms with Gasteiger partial charge in [0, 0.05) is 20.8 Å². The Kier molecular flexibility index (Phi) is 5.70. The Morgan fingerprint density at radius 3 is 2.31 bits per heavy atom. The van der Waals surface area contributed by atoms with Crippen molar-refractivity contribution in [3.63, 3.8) is 0 Å². The van der Waals surface area contributed by atoms with Crippen molar-refractivity contribution in [2.24, 2.45) is 0 Å². The molecule has 0 aromatic heterocycles. The molecule has 0 heterocycles. The van der Waals surface area contributed by atoms with Gasteiger partial charge in [0.1, 0.15) is 0 Å². The maximum atomic E-state index is 11.3. The van der Waals surface area contributed by atoms with E-state index in [0.717, 1.165) is 0 Å². The molecular formula is C6H14NO5P. The summed E-state index contributed by atoms with van der Waals surface area (Å²) in [6, 6.07) is 0. The molecule has 0 rings (SSSR count). The summed E-state index contributed by atoms with van der Waals surface area (Å²) in [6.45, 7) is 2.19. The van der Waals surface area contributed by atoms with Gasteiger partial charge in [-0.05, 0) is 6.92 Å². The molecule has 0 fully saturated rings. The molecule has 1 amide bonds. The second-order valence-electron chi connectivity index (χ2n) is 2.07. The fraction of sp³-hybridized carbons (Fsp3) is 0.833. The fourth-order valence-electron chi connectivity index (χ4n) is 0.513. The van der Waals surface area contributed by atoms with Gasteiger partial charge in [-0.2, -0.15) is 0 Å². The molecule has 1 N–H and O–H groups in total. The largest absolute Gasteiger partial charge is 0.437 e. The molecule has 0 aromatic carbocycles. The van der Waals surface area contributed by atoms with Crippen LogP contribution in [-0.2, 0) is 18.3 Å². The molecule has 0 atom stereocenters. The first-order valence-corrected chi connectivity index (χ1v) is 5.42. The average molecular weight is 211 g/mol. The summed E-state index contributed by atoms with van der Waals surface area (Å²) in [5, 5.41) is 2.37. The Morgan fingerprint density at radius 1 is 1.38 bits per heavy atom. The van der Waals surface area contributed by atoms with Gasteiger partial charge in [-0.1, -0.05) is 0 Å². The lowest BCUT2D eigenvalue weighted by molar-refractivity contribution is 0.150. The first-order chi connectivity index (χ1) is 6.08. The highest BCUT2D eigenvalue weighted by Gasteiger charge is 2.23. The van der Waals surface area contributed by atoms with Crippen LogP contribution >= 0.6 is 7.60 Å². The van der Waals surface area contributed by atoms with Gasteiger partial charge in [-0.25, -0.2) is 4.79 Å². The van der Waals surface area contributed by atoms with E-state index in [9.17, 15) is 9.36 Å². The molecule has 0 saturated heterocycles. The normalized spacial score (nSPS) is 11.0. The highest BCUT2D eigenvalue weighted by Crippen LogP contribution is 2.45. The smallest absolute Gasteiger partial charge is 0.407 e. The van der Waals surface area contributed by atoms with Crippen molar-refractivity contribution in [1.29, 1.82) is 0 Å². The molecule has 0 saturated carbocycles. The van der Waals surface area contributed by atoms with E-state index in [0.29, 0.717) is 6.54 Å². The van der Waals surface area contributed by atoms with Crippen LogP contribution in [-0.4, -0.2) is 33.2 Å². The lowest BCUT2D eigenvalue weighted by atomic mass is 10.8. The molecule has 7 heteroatoms. The first kappa shape index (κ1) is 12.4. The topological polar surface area (TPSA) is 73.9 Å². The quantitative estimate of drug-likeness (QED) is 0.691. The van der Waals surface area contributed by atoms with Crippen LogP contribution in [0.25, 0.3) is 0 Å². The molecule has 0 radical (unpaired) electrons. The van der Waals surface area contributed by atoms with Crippen LogP contribution in [0.15, 0.2) is 0 Å². The van der Waals surface area contributed by atoms with Gasteiger partial charge in [0.25, 0.3) is 0 Å². The molecule has 78 valence electrons. The van der Waals surface area contributed by atoms with Gasteiger partial charge < -0.3 is 19.1 Å². The van der Waals surface area contributed by atoms with E-state index >= 15 is 0 Å². The molecular weight excluding hydrogens is 197 g/mol. The third-order valence-electron chi connectivity index (χ3n) is 1.23. The van der Waals surface area contributed by atoms with E-state index in [2.05, 4.69) is 19.1 Å². The van der Waals surface area contributed by atoms with Gasteiger partial charge >= 0.3 is 13.7 Å². The highest BCUT2D eigenvalue weighted by atomic mass is 31.2. The average Bonchev–Trinajstić information content (AvgIpc) is 2.15. The second-order valence-corrected chi connectivity index (χ2v) is 4.28. The lowest BCUT2D eigenvalue weighted by Gasteiger charge is -2.13. The Hall–Kier alpha value is -0.580. The van der Waals surface area contributed by atoms with E-state index in [-0.39, 0.29) is 6.35 Å². The summed E-state index contributed by atoms with van der Waals surface area (Å²) >= 11 is 0. The molecule has 0 aliphatic rings. The zero-order valence-corrected chi connectivity index (χ0v) is 8.80. The predicted octanol–water partition coefficient (Wildman–Crippen LogP) is 1.18. The van der Waals surface area contributed by atoms with Crippen molar-refractivity contribution >= 4 is 13.7 Å². The first-order valence-electron chi connectivity index (χ1n) is 3.69. The second kappa shape index (κ2) is 5.96. The zero-order chi connectivity index (χ0) is 10.3. The SMILES string of the molecule is CCNC(=O)OCP(=O)(OC)OC. The van der Waals surface area contributed by atoms with E-state index in [1.165, 1.54) is 14.2 Å². The molecule has 0 aliphatic heterocycles. The number of hydrogen-bond acceptors (Lipinski definition) is 5. The van der Waals surface area contributed by atoms with Crippen molar-refractivity contribution in [2.45, 2.75) is 6.92 Å². The molecule has 0 aliphatic carbocycles. The van der Waals surface area contributed by atoms with Gasteiger partial charge in [0.05, 0.1) is 0 Å². The van der Waals surface area contributed by atoms with E-state index in [1.807, 2.05) is 0 Å². The van der Waals surface area contributed by atoms with Gasteiger partial charge in [0.15, 0.2) is 6.35 Å². The number of alkyl carbamates (subject to hydrolysis) is 1. The monoisotopic (exact) mass is 211 g/mol. The Labute approximate surface area is 77.1 Å². The number of carbonyl (C=O) groups excluding carboxylic acids is 1. The highest BCUT2D eigenvalue weighted by molar-refractivity contribution is 7.53. The Balaban J connectivity index is 3.86. The minimum Gasteiger partial charge on any atom is -0.437 e. The van der Waals surface area contributed by atoms with E-state index in [1.54, 1.807) is 6.92 Å². The number of nitrogens with one attached hydrogen (secondary N) is 1. The fourth-order valence-corrected chi connectivity index (χ4v) is 1.15. The van der Waals surface area contributed by atoms with Crippen LogP contribution in [0.1, 0.15) is 6.92 Å². The van der Waals surface area contributed by atoms with Crippen LogP contribution in [0.5, 0.6) is 0 Å². The molecule has 6 nitrogen and oxygen atoms in total. The van der Waals surface area contributed by atoms with Gasteiger partial charge in [0.2, 0.25) is 0 Å². The number of carbonyl (C=O) groups is 1. The number of ether oxygens (including phenoxy) is 1. The number of hydrogen-bond donors (Lipinski definition) is 1. The summed E-state index contributed by atoms with van der Waals surface area (Å²) in [5.74, 6) is 0. The third kappa shape index (κ3) is 4.87. The summed E-state index contributed by atoms with van der Waals surface area (Å²) < 4.78 is 25.0. The minimum atomic E-state index is -3.24.